The molecule has 1 atom stereocenters. The molecule has 0 bridgehead atoms. The minimum Gasteiger partial charge on any atom is -0.496 e. The number of likely N-dealkylation sites (tertiary alicyclic amines) is 1. The monoisotopic (exact) mass is 422 g/mol. The molecule has 6 heteroatoms. The Balaban J connectivity index is 1.40. The Hall–Kier alpha value is -3.02. The molecular weight excluding hydrogens is 388 g/mol. The third kappa shape index (κ3) is 6.74. The number of nitrogens with zero attached hydrogens (tertiary/aromatic N) is 2. The number of guanidine groups is 1. The van der Waals surface area contributed by atoms with Crippen LogP contribution in [0, 0.1) is 12.8 Å². The molecule has 0 radical (unpaired) electrons. The van der Waals surface area contributed by atoms with Crippen LogP contribution in [0.1, 0.15) is 23.1 Å². The largest absolute Gasteiger partial charge is 0.496 e. The first kappa shape index (κ1) is 22.7. The molecule has 0 spiro atoms. The van der Waals surface area contributed by atoms with Gasteiger partial charge in [-0.2, -0.15) is 0 Å². The second kappa shape index (κ2) is 11.4. The first-order valence-corrected chi connectivity index (χ1v) is 11.0. The van der Waals surface area contributed by atoms with Gasteiger partial charge in [-0.1, -0.05) is 48.0 Å². The molecule has 1 fully saturated rings. The zero-order chi connectivity index (χ0) is 22.1. The van der Waals surface area contributed by atoms with Crippen molar-refractivity contribution in [1.82, 2.24) is 15.5 Å². The van der Waals surface area contributed by atoms with Crippen molar-refractivity contribution in [3.8, 4) is 5.75 Å². The van der Waals surface area contributed by atoms with Gasteiger partial charge in [0.2, 0.25) is 5.91 Å². The van der Waals surface area contributed by atoms with Gasteiger partial charge in [0.25, 0.3) is 0 Å². The zero-order valence-corrected chi connectivity index (χ0v) is 18.9. The predicted molar refractivity (Wildman–Crippen MR) is 126 cm³/mol. The molecule has 1 saturated heterocycles. The number of methoxy groups -OCH3 is 1. The molecule has 0 saturated carbocycles. The summed E-state index contributed by atoms with van der Waals surface area (Å²) in [4.78, 5) is 18.7. The molecule has 2 aromatic rings. The van der Waals surface area contributed by atoms with Crippen LogP contribution in [0.2, 0.25) is 0 Å². The summed E-state index contributed by atoms with van der Waals surface area (Å²) in [5.74, 6) is 2.23. The fourth-order valence-corrected chi connectivity index (χ4v) is 4.00. The number of hydrogen-bond acceptors (Lipinski definition) is 3. The molecule has 0 aliphatic carbocycles. The Morgan fingerprint density at radius 3 is 2.71 bits per heavy atom. The number of ether oxygens (including phenoxy) is 1. The first-order valence-electron chi connectivity index (χ1n) is 11.0. The number of carbonyl (C=O) groups excluding carboxylic acids is 1. The molecule has 2 N–H and O–H groups in total. The summed E-state index contributed by atoms with van der Waals surface area (Å²) >= 11 is 0. The van der Waals surface area contributed by atoms with Crippen LogP contribution in [0.5, 0.6) is 5.75 Å². The van der Waals surface area contributed by atoms with E-state index in [0.29, 0.717) is 12.3 Å². The summed E-state index contributed by atoms with van der Waals surface area (Å²) in [7, 11) is 3.47. The van der Waals surface area contributed by atoms with E-state index in [2.05, 4.69) is 46.8 Å². The van der Waals surface area contributed by atoms with Gasteiger partial charge in [0.05, 0.1) is 7.11 Å². The van der Waals surface area contributed by atoms with Crippen LogP contribution < -0.4 is 15.4 Å². The lowest BCUT2D eigenvalue weighted by Crippen LogP contribution is -2.41. The van der Waals surface area contributed by atoms with Crippen LogP contribution in [0.3, 0.4) is 0 Å². The molecule has 1 amide bonds. The van der Waals surface area contributed by atoms with Crippen LogP contribution in [0.15, 0.2) is 53.5 Å². The third-order valence-corrected chi connectivity index (χ3v) is 5.71. The van der Waals surface area contributed by atoms with Crippen molar-refractivity contribution in [2.24, 2.45) is 10.9 Å². The maximum Gasteiger partial charge on any atom is 0.223 e. The highest BCUT2D eigenvalue weighted by Crippen LogP contribution is 2.20. The van der Waals surface area contributed by atoms with Crippen molar-refractivity contribution in [1.29, 1.82) is 0 Å². The molecule has 6 nitrogen and oxygen atoms in total. The number of rotatable bonds is 9. The maximum absolute atomic E-state index is 12.4. The van der Waals surface area contributed by atoms with E-state index >= 15 is 0 Å². The lowest BCUT2D eigenvalue weighted by molar-refractivity contribution is -0.127. The smallest absolute Gasteiger partial charge is 0.223 e. The molecule has 3 rings (SSSR count). The molecule has 166 valence electrons. The molecule has 1 aliphatic rings. The Labute approximate surface area is 185 Å². The van der Waals surface area contributed by atoms with E-state index in [0.717, 1.165) is 50.7 Å². The van der Waals surface area contributed by atoms with E-state index < -0.39 is 0 Å². The molecule has 1 heterocycles. The predicted octanol–water partition coefficient (Wildman–Crippen LogP) is 2.80. The second-order valence-corrected chi connectivity index (χ2v) is 8.09. The molecule has 0 aromatic heterocycles. The maximum atomic E-state index is 12.4. The van der Waals surface area contributed by atoms with Crippen LogP contribution in [-0.2, 0) is 17.6 Å². The highest BCUT2D eigenvalue weighted by atomic mass is 16.5. The lowest BCUT2D eigenvalue weighted by atomic mass is 10.1. The summed E-state index contributed by atoms with van der Waals surface area (Å²) in [6.07, 6.45) is 2.35. The highest BCUT2D eigenvalue weighted by Gasteiger charge is 2.29. The molecule has 1 aliphatic heterocycles. The Kier molecular flexibility index (Phi) is 8.33. The van der Waals surface area contributed by atoms with Gasteiger partial charge in [-0.3, -0.25) is 9.79 Å². The van der Waals surface area contributed by atoms with Crippen molar-refractivity contribution >= 4 is 11.9 Å². The van der Waals surface area contributed by atoms with E-state index in [4.69, 9.17) is 4.74 Å². The number of hydrogen-bond donors (Lipinski definition) is 2. The Morgan fingerprint density at radius 2 is 1.97 bits per heavy atom. The van der Waals surface area contributed by atoms with Gasteiger partial charge >= 0.3 is 0 Å². The Bertz CT molecular complexity index is 882. The SMILES string of the molecule is CN=C(NCCc1cc(C)ccc1OC)NCC1CC(=O)N(CCc2ccccc2)C1. The van der Waals surface area contributed by atoms with E-state index in [1.807, 2.05) is 29.2 Å². The summed E-state index contributed by atoms with van der Waals surface area (Å²) in [6, 6.07) is 16.6. The van der Waals surface area contributed by atoms with Gasteiger partial charge in [0.15, 0.2) is 5.96 Å². The van der Waals surface area contributed by atoms with Crippen LogP contribution in [0.4, 0.5) is 0 Å². The molecular formula is C25H34N4O2. The van der Waals surface area contributed by atoms with Gasteiger partial charge in [0.1, 0.15) is 5.75 Å². The molecule has 2 aromatic carbocycles. The summed E-state index contributed by atoms with van der Waals surface area (Å²) < 4.78 is 5.46. The summed E-state index contributed by atoms with van der Waals surface area (Å²) in [5, 5.41) is 6.75. The van der Waals surface area contributed by atoms with Gasteiger partial charge in [0, 0.05) is 45.6 Å². The number of carbonyl (C=O) groups is 1. The minimum absolute atomic E-state index is 0.247. The lowest BCUT2D eigenvalue weighted by Gasteiger charge is -2.18. The van der Waals surface area contributed by atoms with Gasteiger partial charge < -0.3 is 20.3 Å². The van der Waals surface area contributed by atoms with Crippen molar-refractivity contribution in [3.63, 3.8) is 0 Å². The van der Waals surface area contributed by atoms with Crippen molar-refractivity contribution in [2.45, 2.75) is 26.2 Å². The van der Waals surface area contributed by atoms with Gasteiger partial charge in [-0.05, 0) is 37.0 Å². The standard InChI is InChI=1S/C25H34N4O2/c1-19-9-10-23(31-3)22(15-19)11-13-27-25(26-2)28-17-21-16-24(30)29(18-21)14-12-20-7-5-4-6-8-20/h4-10,15,21H,11-14,16-18H2,1-3H3,(H2,26,27,28). The van der Waals surface area contributed by atoms with Gasteiger partial charge in [-0.15, -0.1) is 0 Å². The van der Waals surface area contributed by atoms with Crippen molar-refractivity contribution < 1.29 is 9.53 Å². The van der Waals surface area contributed by atoms with Gasteiger partial charge in [-0.25, -0.2) is 0 Å². The number of amides is 1. The van der Waals surface area contributed by atoms with Crippen molar-refractivity contribution in [3.05, 3.63) is 65.2 Å². The molecule has 31 heavy (non-hydrogen) atoms. The first-order chi connectivity index (χ1) is 15.1. The summed E-state index contributed by atoms with van der Waals surface area (Å²) in [6.45, 7) is 5.16. The van der Waals surface area contributed by atoms with E-state index in [1.54, 1.807) is 14.2 Å². The molecule has 1 unspecified atom stereocenters. The summed E-state index contributed by atoms with van der Waals surface area (Å²) in [5.41, 5.74) is 3.67. The fourth-order valence-electron chi connectivity index (χ4n) is 4.00. The quantitative estimate of drug-likeness (QED) is 0.482. The van der Waals surface area contributed by atoms with E-state index in [1.165, 1.54) is 16.7 Å². The van der Waals surface area contributed by atoms with Crippen LogP contribution in [-0.4, -0.2) is 57.1 Å². The fraction of sp³-hybridized carbons (Fsp3) is 0.440. The highest BCUT2D eigenvalue weighted by molar-refractivity contribution is 5.80. The van der Waals surface area contributed by atoms with E-state index in [9.17, 15) is 4.79 Å². The van der Waals surface area contributed by atoms with Crippen molar-refractivity contribution in [2.75, 3.05) is 40.3 Å². The number of nitrogens with one attached hydrogen (secondary N) is 2. The number of aryl methyl sites for hydroxylation is 1. The van der Waals surface area contributed by atoms with E-state index in [-0.39, 0.29) is 5.91 Å². The topological polar surface area (TPSA) is 66.0 Å². The minimum atomic E-state index is 0.247. The van der Waals surface area contributed by atoms with Crippen LogP contribution in [0.25, 0.3) is 0 Å². The third-order valence-electron chi connectivity index (χ3n) is 5.71. The number of aliphatic imine (C=N–C) groups is 1. The zero-order valence-electron chi connectivity index (χ0n) is 18.9. The Morgan fingerprint density at radius 1 is 1.16 bits per heavy atom. The van der Waals surface area contributed by atoms with Crippen LogP contribution >= 0.6 is 0 Å². The average molecular weight is 423 g/mol. The normalized spacial score (nSPS) is 16.5. The number of benzene rings is 2. The average Bonchev–Trinajstić information content (AvgIpc) is 3.15. The second-order valence-electron chi connectivity index (χ2n) is 8.09.